The Kier molecular flexibility index (Phi) is 5.27. The summed E-state index contributed by atoms with van der Waals surface area (Å²) in [6, 6.07) is 6.58. The van der Waals surface area contributed by atoms with E-state index in [1.807, 2.05) is 13.1 Å². The van der Waals surface area contributed by atoms with Crippen LogP contribution in [0.25, 0.3) is 0 Å². The molecule has 2 aliphatic rings. The topological polar surface area (TPSA) is 122 Å². The zero-order valence-corrected chi connectivity index (χ0v) is 16.1. The largest absolute Gasteiger partial charge is 0.504 e. The summed E-state index contributed by atoms with van der Waals surface area (Å²) in [7, 11) is 3.24. The van der Waals surface area contributed by atoms with Gasteiger partial charge in [0.2, 0.25) is 12.5 Å². The molecule has 2 aromatic rings. The Bertz CT molecular complexity index is 905. The zero-order valence-electron chi connectivity index (χ0n) is 16.1. The lowest BCUT2D eigenvalue weighted by molar-refractivity contribution is 0.0891. The number of phenols is 2. The maximum absolute atomic E-state index is 10.2. The third-order valence-electron chi connectivity index (χ3n) is 5.23. The van der Waals surface area contributed by atoms with E-state index in [0.717, 1.165) is 11.1 Å². The molecule has 3 atom stereocenters. The smallest absolute Gasteiger partial charge is 0.231 e. The molecule has 0 bridgehead atoms. The number of likely N-dealkylation sites (N-methyl/N-ethyl adjacent to an activating group) is 1. The molecule has 4 rings (SSSR count). The van der Waals surface area contributed by atoms with Crippen LogP contribution < -0.4 is 29.6 Å². The average Bonchev–Trinajstić information content (AvgIpc) is 3.18. The quantitative estimate of drug-likeness (QED) is 0.446. The van der Waals surface area contributed by atoms with E-state index in [4.69, 9.17) is 18.9 Å². The SMILES string of the molecule is CNC1C(NCCO)Oc2cc3c(cc2C1c1cc(O)c(O)c(OC)c1)OCO3. The first-order valence-corrected chi connectivity index (χ1v) is 9.29. The molecule has 0 saturated carbocycles. The van der Waals surface area contributed by atoms with Crippen LogP contribution in [0.1, 0.15) is 17.0 Å². The summed E-state index contributed by atoms with van der Waals surface area (Å²) in [4.78, 5) is 0. The van der Waals surface area contributed by atoms with Crippen LogP contribution in [0.4, 0.5) is 0 Å². The highest BCUT2D eigenvalue weighted by Gasteiger charge is 2.40. The van der Waals surface area contributed by atoms with Gasteiger partial charge in [0.05, 0.1) is 19.8 Å². The fourth-order valence-corrected chi connectivity index (χ4v) is 3.89. The van der Waals surface area contributed by atoms with Crippen molar-refractivity contribution >= 4 is 0 Å². The number of ether oxygens (including phenoxy) is 4. The van der Waals surface area contributed by atoms with E-state index in [-0.39, 0.29) is 42.6 Å². The van der Waals surface area contributed by atoms with E-state index >= 15 is 0 Å². The van der Waals surface area contributed by atoms with Gasteiger partial charge in [0.1, 0.15) is 5.75 Å². The van der Waals surface area contributed by atoms with Gasteiger partial charge in [-0.2, -0.15) is 0 Å². The molecule has 3 unspecified atom stereocenters. The monoisotopic (exact) mass is 404 g/mol. The number of fused-ring (bicyclic) bond motifs is 2. The summed E-state index contributed by atoms with van der Waals surface area (Å²) in [5, 5.41) is 36.0. The van der Waals surface area contributed by atoms with Crippen molar-refractivity contribution in [1.82, 2.24) is 10.6 Å². The van der Waals surface area contributed by atoms with Gasteiger partial charge in [-0.1, -0.05) is 0 Å². The third kappa shape index (κ3) is 3.37. The predicted octanol–water partition coefficient (Wildman–Crippen LogP) is 0.855. The predicted molar refractivity (Wildman–Crippen MR) is 103 cm³/mol. The van der Waals surface area contributed by atoms with Crippen LogP contribution in [0.15, 0.2) is 24.3 Å². The Labute approximate surface area is 167 Å². The molecule has 0 fully saturated rings. The standard InChI is InChI=1S/C20H24N2O7/c1-21-18-17(10-5-12(24)19(25)16(6-10)26-2)11-7-14-15(28-9-27-14)8-13(11)29-20(18)22-3-4-23/h5-8,17-18,20-25H,3-4,9H2,1-2H3. The summed E-state index contributed by atoms with van der Waals surface area (Å²) in [6.45, 7) is 0.445. The van der Waals surface area contributed by atoms with Gasteiger partial charge in [-0.05, 0) is 30.8 Å². The number of aliphatic hydroxyl groups is 1. The van der Waals surface area contributed by atoms with Crippen molar-refractivity contribution in [1.29, 1.82) is 0 Å². The molecular weight excluding hydrogens is 380 g/mol. The highest BCUT2D eigenvalue weighted by Crippen LogP contribution is 2.49. The molecule has 156 valence electrons. The molecule has 0 aliphatic carbocycles. The van der Waals surface area contributed by atoms with Crippen LogP contribution >= 0.6 is 0 Å². The van der Waals surface area contributed by atoms with Gasteiger partial charge in [0.25, 0.3) is 0 Å². The van der Waals surface area contributed by atoms with Crippen LogP contribution in [0, 0.1) is 0 Å². The number of benzene rings is 2. The van der Waals surface area contributed by atoms with E-state index in [0.29, 0.717) is 23.8 Å². The first-order valence-electron chi connectivity index (χ1n) is 9.29. The summed E-state index contributed by atoms with van der Waals surface area (Å²) >= 11 is 0. The number of methoxy groups -OCH3 is 1. The first-order chi connectivity index (χ1) is 14.1. The molecular formula is C20H24N2O7. The van der Waals surface area contributed by atoms with Crippen molar-refractivity contribution in [3.8, 4) is 34.5 Å². The van der Waals surface area contributed by atoms with Gasteiger partial charge in [-0.15, -0.1) is 0 Å². The Balaban J connectivity index is 1.86. The van der Waals surface area contributed by atoms with E-state index in [9.17, 15) is 15.3 Å². The van der Waals surface area contributed by atoms with Crippen molar-refractivity contribution in [2.45, 2.75) is 18.2 Å². The minimum absolute atomic E-state index is 0.0389. The number of aromatic hydroxyl groups is 2. The number of nitrogens with one attached hydrogen (secondary N) is 2. The number of hydrogen-bond acceptors (Lipinski definition) is 9. The van der Waals surface area contributed by atoms with E-state index < -0.39 is 6.23 Å². The van der Waals surface area contributed by atoms with Crippen molar-refractivity contribution in [2.75, 3.05) is 34.1 Å². The van der Waals surface area contributed by atoms with Gasteiger partial charge in [-0.3, -0.25) is 5.32 Å². The lowest BCUT2D eigenvalue weighted by Crippen LogP contribution is -2.56. The maximum Gasteiger partial charge on any atom is 0.231 e. The number of rotatable bonds is 6. The number of aliphatic hydroxyl groups excluding tert-OH is 1. The van der Waals surface area contributed by atoms with Crippen LogP contribution in [-0.2, 0) is 0 Å². The van der Waals surface area contributed by atoms with Crippen LogP contribution in [0.3, 0.4) is 0 Å². The fraction of sp³-hybridized carbons (Fsp3) is 0.400. The molecule has 0 saturated heterocycles. The lowest BCUT2D eigenvalue weighted by atomic mass is 9.81. The van der Waals surface area contributed by atoms with E-state index in [1.54, 1.807) is 12.1 Å². The van der Waals surface area contributed by atoms with Gasteiger partial charge in [0, 0.05) is 24.1 Å². The van der Waals surface area contributed by atoms with E-state index in [1.165, 1.54) is 13.2 Å². The lowest BCUT2D eigenvalue weighted by Gasteiger charge is -2.40. The van der Waals surface area contributed by atoms with Crippen molar-refractivity contribution in [3.63, 3.8) is 0 Å². The molecule has 2 aromatic carbocycles. The first kappa shape index (κ1) is 19.4. The highest BCUT2D eigenvalue weighted by atomic mass is 16.7. The molecule has 2 aliphatic heterocycles. The molecule has 5 N–H and O–H groups in total. The second kappa shape index (κ2) is 7.86. The van der Waals surface area contributed by atoms with Crippen LogP contribution in [-0.4, -0.2) is 61.7 Å². The van der Waals surface area contributed by atoms with Crippen molar-refractivity contribution < 1.29 is 34.3 Å². The third-order valence-corrected chi connectivity index (χ3v) is 5.23. The normalized spacial score (nSPS) is 22.1. The minimum Gasteiger partial charge on any atom is -0.504 e. The molecule has 0 amide bonds. The zero-order chi connectivity index (χ0) is 20.5. The molecule has 0 spiro atoms. The molecule has 9 heteroatoms. The average molecular weight is 404 g/mol. The van der Waals surface area contributed by atoms with Crippen molar-refractivity contribution in [3.05, 3.63) is 35.4 Å². The van der Waals surface area contributed by atoms with Crippen molar-refractivity contribution in [2.24, 2.45) is 0 Å². The summed E-state index contributed by atoms with van der Waals surface area (Å²) in [6.07, 6.45) is -0.466. The number of hydrogen-bond donors (Lipinski definition) is 5. The summed E-state index contributed by atoms with van der Waals surface area (Å²) in [5.41, 5.74) is 1.55. The molecule has 2 heterocycles. The second-order valence-electron chi connectivity index (χ2n) is 6.84. The van der Waals surface area contributed by atoms with Gasteiger partial charge in [0.15, 0.2) is 29.2 Å². The summed E-state index contributed by atoms with van der Waals surface area (Å²) in [5.74, 6) is 1.11. The van der Waals surface area contributed by atoms with Crippen LogP contribution in [0.5, 0.6) is 34.5 Å². The van der Waals surface area contributed by atoms with Gasteiger partial charge < -0.3 is 39.6 Å². The second-order valence-corrected chi connectivity index (χ2v) is 6.84. The fourth-order valence-electron chi connectivity index (χ4n) is 3.89. The molecule has 0 radical (unpaired) electrons. The summed E-state index contributed by atoms with van der Waals surface area (Å²) < 4.78 is 22.4. The Morgan fingerprint density at radius 1 is 1.10 bits per heavy atom. The van der Waals surface area contributed by atoms with Gasteiger partial charge in [-0.25, -0.2) is 0 Å². The minimum atomic E-state index is -0.466. The molecule has 0 aromatic heterocycles. The Morgan fingerprint density at radius 3 is 2.55 bits per heavy atom. The Morgan fingerprint density at radius 2 is 1.86 bits per heavy atom. The van der Waals surface area contributed by atoms with Crippen LogP contribution in [0.2, 0.25) is 0 Å². The molecule has 29 heavy (non-hydrogen) atoms. The number of phenolic OH excluding ortho intramolecular Hbond substituents is 2. The van der Waals surface area contributed by atoms with E-state index in [2.05, 4.69) is 10.6 Å². The maximum atomic E-state index is 10.2. The Hall–Kier alpha value is -2.88. The van der Waals surface area contributed by atoms with Gasteiger partial charge >= 0.3 is 0 Å². The molecule has 9 nitrogen and oxygen atoms in total. The highest BCUT2D eigenvalue weighted by molar-refractivity contribution is 5.59.